The van der Waals surface area contributed by atoms with Crippen molar-refractivity contribution in [1.29, 1.82) is 0 Å². The molecule has 0 saturated carbocycles. The Kier molecular flexibility index (Phi) is 4.63. The Hall–Kier alpha value is -2.90. The Balaban J connectivity index is 2.24. The fourth-order valence-corrected chi connectivity index (χ4v) is 1.87. The molecule has 0 aliphatic rings. The van der Waals surface area contributed by atoms with Crippen LogP contribution in [0, 0.1) is 0 Å². The molecule has 8 heteroatoms. The molecule has 0 unspecified atom stereocenters. The molecule has 0 radical (unpaired) electrons. The van der Waals surface area contributed by atoms with Gasteiger partial charge in [0, 0.05) is 18.9 Å². The van der Waals surface area contributed by atoms with E-state index in [2.05, 4.69) is 10.3 Å². The minimum absolute atomic E-state index is 0.0986. The summed E-state index contributed by atoms with van der Waals surface area (Å²) >= 11 is 0. The van der Waals surface area contributed by atoms with Crippen molar-refractivity contribution in [2.75, 3.05) is 0 Å². The van der Waals surface area contributed by atoms with E-state index in [0.717, 1.165) is 11.6 Å². The predicted molar refractivity (Wildman–Crippen MR) is 73.8 cm³/mol. The summed E-state index contributed by atoms with van der Waals surface area (Å²) in [6, 6.07) is 5.27. The predicted octanol–water partition coefficient (Wildman–Crippen LogP) is 2.73. The number of rotatable bonds is 4. The number of amides is 1. The summed E-state index contributed by atoms with van der Waals surface area (Å²) in [5, 5.41) is 11.5. The molecule has 5 nitrogen and oxygen atoms in total. The van der Waals surface area contributed by atoms with Crippen LogP contribution < -0.4 is 5.32 Å². The van der Waals surface area contributed by atoms with Gasteiger partial charge in [0.1, 0.15) is 0 Å². The van der Waals surface area contributed by atoms with Crippen LogP contribution in [0.15, 0.2) is 42.7 Å². The Morgan fingerprint density at radius 3 is 2.30 bits per heavy atom. The van der Waals surface area contributed by atoms with Crippen LogP contribution in [0.25, 0.3) is 0 Å². The van der Waals surface area contributed by atoms with E-state index in [0.29, 0.717) is 12.1 Å². The molecule has 0 aliphatic heterocycles. The number of carboxylic acids is 1. The average Bonchev–Trinajstić information content (AvgIpc) is 2.52. The molecule has 2 aromatic rings. The lowest BCUT2D eigenvalue weighted by Gasteiger charge is -2.11. The number of pyridine rings is 1. The number of hydrogen-bond acceptors (Lipinski definition) is 3. The molecular formula is C15H11F3N2O3. The summed E-state index contributed by atoms with van der Waals surface area (Å²) < 4.78 is 37.9. The lowest BCUT2D eigenvalue weighted by atomic mass is 10.0. The van der Waals surface area contributed by atoms with Crippen molar-refractivity contribution in [1.82, 2.24) is 10.3 Å². The van der Waals surface area contributed by atoms with Gasteiger partial charge in [-0.05, 0) is 35.9 Å². The first-order chi connectivity index (χ1) is 10.8. The topological polar surface area (TPSA) is 79.3 Å². The van der Waals surface area contributed by atoms with Crippen molar-refractivity contribution in [2.45, 2.75) is 12.7 Å². The van der Waals surface area contributed by atoms with Gasteiger partial charge in [-0.3, -0.25) is 9.78 Å². The SMILES string of the molecule is O=C(O)c1cc(C(F)(F)F)ccc1C(=O)NCc1ccncc1. The molecule has 23 heavy (non-hydrogen) atoms. The highest BCUT2D eigenvalue weighted by atomic mass is 19.4. The number of carboxylic acid groups (broad SMARTS) is 1. The largest absolute Gasteiger partial charge is 0.478 e. The summed E-state index contributed by atoms with van der Waals surface area (Å²) in [6.45, 7) is 0.0986. The average molecular weight is 324 g/mol. The minimum Gasteiger partial charge on any atom is -0.478 e. The van der Waals surface area contributed by atoms with E-state index in [4.69, 9.17) is 5.11 Å². The van der Waals surface area contributed by atoms with Crippen molar-refractivity contribution in [3.63, 3.8) is 0 Å². The molecule has 1 heterocycles. The molecule has 1 amide bonds. The Morgan fingerprint density at radius 1 is 1.09 bits per heavy atom. The zero-order valence-electron chi connectivity index (χ0n) is 11.6. The number of nitrogens with zero attached hydrogens (tertiary/aromatic N) is 1. The van der Waals surface area contributed by atoms with E-state index in [-0.39, 0.29) is 12.1 Å². The number of hydrogen-bond donors (Lipinski definition) is 2. The van der Waals surface area contributed by atoms with Gasteiger partial charge in [0.05, 0.1) is 16.7 Å². The number of benzene rings is 1. The van der Waals surface area contributed by atoms with Crippen LogP contribution >= 0.6 is 0 Å². The quantitative estimate of drug-likeness (QED) is 0.906. The third-order valence-corrected chi connectivity index (χ3v) is 3.02. The van der Waals surface area contributed by atoms with Crippen LogP contribution in [0.1, 0.15) is 31.8 Å². The summed E-state index contributed by atoms with van der Waals surface area (Å²) in [4.78, 5) is 27.0. The lowest BCUT2D eigenvalue weighted by Crippen LogP contribution is -2.25. The third-order valence-electron chi connectivity index (χ3n) is 3.02. The first-order valence-corrected chi connectivity index (χ1v) is 6.40. The molecule has 0 fully saturated rings. The standard InChI is InChI=1S/C15H11F3N2O3/c16-15(17,18)10-1-2-11(12(7-10)14(22)23)13(21)20-8-9-3-5-19-6-4-9/h1-7H,8H2,(H,20,21)(H,22,23). The molecule has 0 bridgehead atoms. The maximum Gasteiger partial charge on any atom is 0.416 e. The van der Waals surface area contributed by atoms with E-state index in [1.165, 1.54) is 12.4 Å². The minimum atomic E-state index is -4.68. The Bertz CT molecular complexity index is 730. The number of nitrogens with one attached hydrogen (secondary N) is 1. The van der Waals surface area contributed by atoms with Crippen molar-refractivity contribution in [2.24, 2.45) is 0 Å². The molecule has 1 aromatic carbocycles. The fraction of sp³-hybridized carbons (Fsp3) is 0.133. The van der Waals surface area contributed by atoms with Gasteiger partial charge in [-0.2, -0.15) is 13.2 Å². The fourth-order valence-electron chi connectivity index (χ4n) is 1.87. The Morgan fingerprint density at radius 2 is 1.74 bits per heavy atom. The van der Waals surface area contributed by atoms with E-state index >= 15 is 0 Å². The molecule has 0 aliphatic carbocycles. The molecule has 120 valence electrons. The zero-order chi connectivity index (χ0) is 17.0. The van der Waals surface area contributed by atoms with Gasteiger partial charge in [-0.15, -0.1) is 0 Å². The maximum atomic E-state index is 12.6. The number of alkyl halides is 3. The van der Waals surface area contributed by atoms with Gasteiger partial charge >= 0.3 is 12.1 Å². The van der Waals surface area contributed by atoms with Crippen molar-refractivity contribution < 1.29 is 27.9 Å². The number of carbonyl (C=O) groups is 2. The molecule has 0 atom stereocenters. The van der Waals surface area contributed by atoms with E-state index in [1.54, 1.807) is 12.1 Å². The van der Waals surface area contributed by atoms with Gasteiger partial charge in [0.25, 0.3) is 5.91 Å². The van der Waals surface area contributed by atoms with Crippen LogP contribution in [0.3, 0.4) is 0 Å². The molecule has 2 N–H and O–H groups in total. The zero-order valence-corrected chi connectivity index (χ0v) is 11.6. The van der Waals surface area contributed by atoms with Gasteiger partial charge < -0.3 is 10.4 Å². The van der Waals surface area contributed by atoms with Gasteiger partial charge in [0.15, 0.2) is 0 Å². The molecule has 0 saturated heterocycles. The number of halogens is 3. The second-order valence-corrected chi connectivity index (χ2v) is 4.60. The van der Waals surface area contributed by atoms with Crippen LogP contribution in [0.5, 0.6) is 0 Å². The first-order valence-electron chi connectivity index (χ1n) is 6.40. The van der Waals surface area contributed by atoms with Gasteiger partial charge in [0.2, 0.25) is 0 Å². The second kappa shape index (κ2) is 6.47. The maximum absolute atomic E-state index is 12.6. The van der Waals surface area contributed by atoms with Gasteiger partial charge in [-0.1, -0.05) is 0 Å². The number of carbonyl (C=O) groups excluding carboxylic acids is 1. The van der Waals surface area contributed by atoms with Crippen LogP contribution in [0.2, 0.25) is 0 Å². The highest BCUT2D eigenvalue weighted by Gasteiger charge is 2.32. The van der Waals surface area contributed by atoms with Crippen molar-refractivity contribution in [3.05, 3.63) is 65.0 Å². The number of aromatic carboxylic acids is 1. The molecule has 1 aromatic heterocycles. The van der Waals surface area contributed by atoms with E-state index in [1.807, 2.05) is 0 Å². The number of aromatic nitrogens is 1. The first kappa shape index (κ1) is 16.5. The summed E-state index contributed by atoms with van der Waals surface area (Å²) in [5.74, 6) is -2.38. The highest BCUT2D eigenvalue weighted by Crippen LogP contribution is 2.30. The van der Waals surface area contributed by atoms with Crippen molar-refractivity contribution in [3.8, 4) is 0 Å². The third kappa shape index (κ3) is 4.06. The second-order valence-electron chi connectivity index (χ2n) is 4.60. The lowest BCUT2D eigenvalue weighted by molar-refractivity contribution is -0.137. The van der Waals surface area contributed by atoms with Crippen LogP contribution in [0.4, 0.5) is 13.2 Å². The molecule has 2 rings (SSSR count). The van der Waals surface area contributed by atoms with E-state index in [9.17, 15) is 22.8 Å². The van der Waals surface area contributed by atoms with Crippen LogP contribution in [-0.4, -0.2) is 22.0 Å². The van der Waals surface area contributed by atoms with Crippen LogP contribution in [-0.2, 0) is 12.7 Å². The van der Waals surface area contributed by atoms with Gasteiger partial charge in [-0.25, -0.2) is 4.79 Å². The molecular weight excluding hydrogens is 313 g/mol. The van der Waals surface area contributed by atoms with Crippen molar-refractivity contribution >= 4 is 11.9 Å². The monoisotopic (exact) mass is 324 g/mol. The summed E-state index contributed by atoms with van der Waals surface area (Å²) in [7, 11) is 0. The van der Waals surface area contributed by atoms with E-state index < -0.39 is 29.2 Å². The smallest absolute Gasteiger partial charge is 0.416 e. The molecule has 0 spiro atoms. The normalized spacial score (nSPS) is 11.1. The Labute approximate surface area is 128 Å². The summed E-state index contributed by atoms with van der Waals surface area (Å²) in [5.41, 5.74) is -1.44. The highest BCUT2D eigenvalue weighted by molar-refractivity contribution is 6.04. The summed E-state index contributed by atoms with van der Waals surface area (Å²) in [6.07, 6.45) is -1.65.